The molecule has 0 aliphatic heterocycles. The number of aryl methyl sites for hydroxylation is 1. The van der Waals surface area contributed by atoms with E-state index < -0.39 is 0 Å². The number of aromatic nitrogens is 1. The average molecular weight is 382 g/mol. The molecule has 0 saturated heterocycles. The van der Waals surface area contributed by atoms with Gasteiger partial charge in [0.05, 0.1) is 11.7 Å². The highest BCUT2D eigenvalue weighted by Gasteiger charge is 2.18. The van der Waals surface area contributed by atoms with Gasteiger partial charge >= 0.3 is 0 Å². The van der Waals surface area contributed by atoms with Crippen LogP contribution in [0.2, 0.25) is 0 Å². The van der Waals surface area contributed by atoms with Gasteiger partial charge in [-0.25, -0.2) is 4.98 Å². The molecule has 1 aromatic heterocycles. The van der Waals surface area contributed by atoms with Gasteiger partial charge in [-0.15, -0.1) is 0 Å². The minimum Gasteiger partial charge on any atom is -0.345 e. The zero-order valence-electron chi connectivity index (χ0n) is 12.4. The van der Waals surface area contributed by atoms with Crippen molar-refractivity contribution in [3.63, 3.8) is 0 Å². The van der Waals surface area contributed by atoms with E-state index in [2.05, 4.69) is 31.5 Å². The summed E-state index contributed by atoms with van der Waals surface area (Å²) in [5.41, 5.74) is 1.62. The lowest BCUT2D eigenvalue weighted by molar-refractivity contribution is -0.114. The van der Waals surface area contributed by atoms with Crippen molar-refractivity contribution in [1.82, 2.24) is 10.3 Å². The lowest BCUT2D eigenvalue weighted by Crippen LogP contribution is -2.26. The molecule has 0 unspecified atom stereocenters. The van der Waals surface area contributed by atoms with Crippen molar-refractivity contribution >= 4 is 44.2 Å². The third kappa shape index (κ3) is 4.14. The van der Waals surface area contributed by atoms with Crippen LogP contribution in [-0.2, 0) is 4.79 Å². The molecule has 2 amide bonds. The highest BCUT2D eigenvalue weighted by atomic mass is 79.9. The van der Waals surface area contributed by atoms with Gasteiger partial charge in [-0.3, -0.25) is 9.59 Å². The summed E-state index contributed by atoms with van der Waals surface area (Å²) >= 11 is 4.56. The summed E-state index contributed by atoms with van der Waals surface area (Å²) in [4.78, 5) is 28.1. The third-order valence-electron chi connectivity index (χ3n) is 3.00. The van der Waals surface area contributed by atoms with Gasteiger partial charge < -0.3 is 10.6 Å². The largest absolute Gasteiger partial charge is 0.345 e. The van der Waals surface area contributed by atoms with Crippen molar-refractivity contribution in [3.05, 3.63) is 44.9 Å². The summed E-state index contributed by atoms with van der Waals surface area (Å²) in [5, 5.41) is 5.97. The normalized spacial score (nSPS) is 11.8. The van der Waals surface area contributed by atoms with Crippen molar-refractivity contribution in [2.45, 2.75) is 26.8 Å². The molecular weight excluding hydrogens is 366 g/mol. The fourth-order valence-electron chi connectivity index (χ4n) is 1.91. The topological polar surface area (TPSA) is 71.1 Å². The van der Waals surface area contributed by atoms with Gasteiger partial charge in [0.25, 0.3) is 5.91 Å². The van der Waals surface area contributed by atoms with E-state index in [1.807, 2.05) is 31.2 Å². The van der Waals surface area contributed by atoms with E-state index in [4.69, 9.17) is 0 Å². The minimum absolute atomic E-state index is 0.119. The van der Waals surface area contributed by atoms with Gasteiger partial charge in [0, 0.05) is 11.4 Å². The molecule has 2 rings (SSSR count). The molecule has 0 fully saturated rings. The summed E-state index contributed by atoms with van der Waals surface area (Å²) in [6.07, 6.45) is 0. The van der Waals surface area contributed by atoms with E-state index in [1.54, 1.807) is 6.92 Å². The number of nitrogens with zero attached hydrogens (tertiary/aromatic N) is 1. The summed E-state index contributed by atoms with van der Waals surface area (Å²) in [5.74, 6) is -0.397. The second-order valence-corrected chi connectivity index (χ2v) is 6.78. The molecule has 22 heavy (non-hydrogen) atoms. The molecule has 0 bridgehead atoms. The fraction of sp³-hybridized carbons (Fsp3) is 0.267. The van der Waals surface area contributed by atoms with Gasteiger partial charge in [-0.2, -0.15) is 0 Å². The first-order chi connectivity index (χ1) is 10.4. The van der Waals surface area contributed by atoms with Crippen molar-refractivity contribution in [1.29, 1.82) is 0 Å². The van der Waals surface area contributed by atoms with E-state index >= 15 is 0 Å². The predicted octanol–water partition coefficient (Wildman–Crippen LogP) is 3.66. The minimum atomic E-state index is -0.205. The van der Waals surface area contributed by atoms with Crippen molar-refractivity contribution < 1.29 is 9.59 Å². The van der Waals surface area contributed by atoms with E-state index in [-0.39, 0.29) is 17.9 Å². The maximum atomic E-state index is 12.4. The van der Waals surface area contributed by atoms with Crippen LogP contribution in [0.15, 0.2) is 28.7 Å². The molecule has 2 N–H and O–H groups in total. The first-order valence-electron chi connectivity index (χ1n) is 6.68. The van der Waals surface area contributed by atoms with Crippen LogP contribution >= 0.6 is 27.3 Å². The number of carbonyl (C=O) groups excluding carboxylic acids is 2. The van der Waals surface area contributed by atoms with E-state index in [0.717, 1.165) is 10.0 Å². The molecule has 2 aromatic rings. The number of hydrogen-bond donors (Lipinski definition) is 2. The lowest BCUT2D eigenvalue weighted by Gasteiger charge is -2.13. The molecule has 7 heteroatoms. The summed E-state index contributed by atoms with van der Waals surface area (Å²) in [7, 11) is 0. The third-order valence-corrected chi connectivity index (χ3v) is 4.60. The van der Waals surface area contributed by atoms with Crippen LogP contribution in [-0.4, -0.2) is 16.8 Å². The van der Waals surface area contributed by atoms with E-state index in [0.29, 0.717) is 15.7 Å². The fourth-order valence-corrected chi connectivity index (χ4v) is 3.09. The van der Waals surface area contributed by atoms with Crippen LogP contribution in [0.1, 0.15) is 40.8 Å². The second-order valence-electron chi connectivity index (χ2n) is 4.86. The van der Waals surface area contributed by atoms with Gasteiger partial charge in [0.15, 0.2) is 5.13 Å². The monoisotopic (exact) mass is 381 g/mol. The molecular formula is C15H16BrN3O2S. The number of carbonyl (C=O) groups is 2. The molecule has 0 aliphatic rings. The molecule has 0 saturated carbocycles. The highest BCUT2D eigenvalue weighted by molar-refractivity contribution is 9.10. The molecule has 116 valence electrons. The van der Waals surface area contributed by atoms with E-state index in [1.165, 1.54) is 18.3 Å². The SMILES string of the molecule is CC(=O)Nc1nc(C)c(C(=O)N[C@@H](C)c2ccc(Br)cc2)s1. The van der Waals surface area contributed by atoms with Crippen LogP contribution < -0.4 is 10.6 Å². The Balaban J connectivity index is 2.10. The van der Waals surface area contributed by atoms with Crippen LogP contribution in [0.25, 0.3) is 0 Å². The number of thiazole rings is 1. The molecule has 5 nitrogen and oxygen atoms in total. The van der Waals surface area contributed by atoms with Crippen LogP contribution in [0.4, 0.5) is 5.13 Å². The number of nitrogens with one attached hydrogen (secondary N) is 2. The summed E-state index contributed by atoms with van der Waals surface area (Å²) < 4.78 is 0.994. The van der Waals surface area contributed by atoms with Crippen LogP contribution in [0, 0.1) is 6.92 Å². The average Bonchev–Trinajstić information content (AvgIpc) is 2.79. The van der Waals surface area contributed by atoms with Crippen LogP contribution in [0.5, 0.6) is 0 Å². The molecule has 1 atom stereocenters. The maximum absolute atomic E-state index is 12.4. The first-order valence-corrected chi connectivity index (χ1v) is 8.29. The standard InChI is InChI=1S/C15H16BrN3O2S/c1-8(11-4-6-12(16)7-5-11)17-14(21)13-9(2)18-15(22-13)19-10(3)20/h4-8H,1-3H3,(H,17,21)(H,18,19,20)/t8-/m0/s1. The molecule has 1 aromatic carbocycles. The van der Waals surface area contributed by atoms with E-state index in [9.17, 15) is 9.59 Å². The Bertz CT molecular complexity index is 697. The van der Waals surface area contributed by atoms with Crippen molar-refractivity contribution in [3.8, 4) is 0 Å². The second kappa shape index (κ2) is 7.02. The van der Waals surface area contributed by atoms with Gasteiger partial charge in [-0.05, 0) is 31.5 Å². The molecule has 0 aliphatic carbocycles. The Morgan fingerprint density at radius 1 is 1.27 bits per heavy atom. The van der Waals surface area contributed by atoms with Crippen molar-refractivity contribution in [2.24, 2.45) is 0 Å². The zero-order chi connectivity index (χ0) is 16.3. The number of rotatable bonds is 4. The first kappa shape index (κ1) is 16.6. The van der Waals surface area contributed by atoms with Gasteiger partial charge in [-0.1, -0.05) is 39.4 Å². The smallest absolute Gasteiger partial charge is 0.263 e. The Hall–Kier alpha value is -1.73. The number of hydrogen-bond acceptors (Lipinski definition) is 4. The van der Waals surface area contributed by atoms with Crippen LogP contribution in [0.3, 0.4) is 0 Å². The Kier molecular flexibility index (Phi) is 5.31. The summed E-state index contributed by atoms with van der Waals surface area (Å²) in [6, 6.07) is 7.66. The Morgan fingerprint density at radius 3 is 2.50 bits per heavy atom. The maximum Gasteiger partial charge on any atom is 0.263 e. The zero-order valence-corrected chi connectivity index (χ0v) is 14.8. The molecule has 0 spiro atoms. The Morgan fingerprint density at radius 2 is 1.91 bits per heavy atom. The van der Waals surface area contributed by atoms with Gasteiger partial charge in [0.1, 0.15) is 4.88 Å². The lowest BCUT2D eigenvalue weighted by atomic mass is 10.1. The van der Waals surface area contributed by atoms with Gasteiger partial charge in [0.2, 0.25) is 5.91 Å². The van der Waals surface area contributed by atoms with Crippen molar-refractivity contribution in [2.75, 3.05) is 5.32 Å². The quantitative estimate of drug-likeness (QED) is 0.848. The molecule has 0 radical (unpaired) electrons. The molecule has 1 heterocycles. The number of amides is 2. The number of anilines is 1. The number of benzene rings is 1. The Labute approximate surface area is 141 Å². The highest BCUT2D eigenvalue weighted by Crippen LogP contribution is 2.24. The summed E-state index contributed by atoms with van der Waals surface area (Å²) in [6.45, 7) is 5.08. The predicted molar refractivity (Wildman–Crippen MR) is 91.2 cm³/mol. The number of halogens is 1.